The molecule has 6 nitrogen and oxygen atoms in total. The summed E-state index contributed by atoms with van der Waals surface area (Å²) in [5.74, 6) is -4.82. The number of rotatable bonds is 4. The first-order valence-corrected chi connectivity index (χ1v) is 7.95. The molecule has 26 heavy (non-hydrogen) atoms. The van der Waals surface area contributed by atoms with E-state index in [1.807, 2.05) is 0 Å². The molecule has 1 aromatic carbocycles. The topological polar surface area (TPSA) is 64.6 Å². The largest absolute Gasteiger partial charge is 0.477 e. The highest BCUT2D eigenvalue weighted by atomic mass is 19.2. The lowest BCUT2D eigenvalue weighted by Gasteiger charge is -2.32. The summed E-state index contributed by atoms with van der Waals surface area (Å²) in [6, 6.07) is 1.67. The summed E-state index contributed by atoms with van der Waals surface area (Å²) in [6.07, 6.45) is 3.73. The van der Waals surface area contributed by atoms with E-state index in [9.17, 15) is 18.0 Å². The highest BCUT2D eigenvalue weighted by Gasteiger charge is 2.29. The van der Waals surface area contributed by atoms with Crippen LogP contribution in [0.5, 0.6) is 11.8 Å². The molecule has 0 aliphatic carbocycles. The number of hydrogen-bond acceptors (Lipinski definition) is 5. The molecule has 3 rings (SSSR count). The number of benzene rings is 1. The van der Waals surface area contributed by atoms with Crippen molar-refractivity contribution in [1.82, 2.24) is 14.9 Å². The number of nitrogens with zero attached hydrogens (tertiary/aromatic N) is 3. The first-order valence-electron chi connectivity index (χ1n) is 7.95. The van der Waals surface area contributed by atoms with Gasteiger partial charge in [-0.3, -0.25) is 4.79 Å². The van der Waals surface area contributed by atoms with Gasteiger partial charge in [-0.1, -0.05) is 0 Å². The lowest BCUT2D eigenvalue weighted by molar-refractivity contribution is 0.0514. The second-order valence-corrected chi connectivity index (χ2v) is 5.73. The molecule has 1 aliphatic rings. The first kappa shape index (κ1) is 18.0. The molecule has 138 valence electrons. The first-order chi connectivity index (χ1) is 12.5. The predicted molar refractivity (Wildman–Crippen MR) is 84.5 cm³/mol. The third kappa shape index (κ3) is 3.56. The molecule has 1 aliphatic heterocycles. The van der Waals surface area contributed by atoms with Gasteiger partial charge in [-0.05, 0) is 25.0 Å². The predicted octanol–water partition coefficient (Wildman–Crippen LogP) is 2.59. The van der Waals surface area contributed by atoms with Gasteiger partial charge in [-0.15, -0.1) is 0 Å². The maximum absolute atomic E-state index is 13.9. The maximum Gasteiger partial charge on any atom is 0.278 e. The number of carbonyl (C=O) groups is 1. The number of hydrogen-bond donors (Lipinski definition) is 0. The number of carbonyl (C=O) groups excluding carboxylic acids is 1. The van der Waals surface area contributed by atoms with Crippen LogP contribution in [0.3, 0.4) is 0 Å². The lowest BCUT2D eigenvalue weighted by Crippen LogP contribution is -2.44. The molecular formula is C17H16F3N3O3. The molecule has 0 N–H and O–H groups in total. The summed E-state index contributed by atoms with van der Waals surface area (Å²) in [5, 5.41) is 0. The van der Waals surface area contributed by atoms with Crippen molar-refractivity contribution >= 4 is 5.91 Å². The minimum atomic E-state index is -1.66. The fraction of sp³-hybridized carbons (Fsp3) is 0.353. The van der Waals surface area contributed by atoms with Gasteiger partial charge >= 0.3 is 0 Å². The van der Waals surface area contributed by atoms with Crippen LogP contribution in [0.1, 0.15) is 23.2 Å². The van der Waals surface area contributed by atoms with Gasteiger partial charge < -0.3 is 14.4 Å². The molecule has 0 spiro atoms. The number of piperidine rings is 1. The second kappa shape index (κ2) is 7.59. The van der Waals surface area contributed by atoms with Crippen LogP contribution < -0.4 is 9.47 Å². The average Bonchev–Trinajstić information content (AvgIpc) is 2.66. The van der Waals surface area contributed by atoms with Crippen molar-refractivity contribution in [2.75, 3.05) is 20.2 Å². The average molecular weight is 367 g/mol. The second-order valence-electron chi connectivity index (χ2n) is 5.73. The van der Waals surface area contributed by atoms with E-state index in [2.05, 4.69) is 9.97 Å². The molecule has 0 saturated carbocycles. The van der Waals surface area contributed by atoms with Crippen LogP contribution in [0, 0.1) is 17.5 Å². The molecule has 1 amide bonds. The zero-order valence-corrected chi connectivity index (χ0v) is 13.9. The Hall–Kier alpha value is -2.84. The van der Waals surface area contributed by atoms with Gasteiger partial charge in [0.25, 0.3) is 17.7 Å². The van der Waals surface area contributed by atoms with Crippen LogP contribution in [0.2, 0.25) is 0 Å². The number of ether oxygens (including phenoxy) is 2. The third-order valence-corrected chi connectivity index (χ3v) is 4.04. The normalized spacial score (nSPS) is 17.1. The number of amides is 1. The van der Waals surface area contributed by atoms with Crippen molar-refractivity contribution in [2.24, 2.45) is 0 Å². The Morgan fingerprint density at radius 2 is 1.88 bits per heavy atom. The third-order valence-electron chi connectivity index (χ3n) is 4.04. The SMILES string of the molecule is COc1nccnc1O[C@@H]1CCCN(C(=O)c2ccc(F)c(F)c2F)C1. The van der Waals surface area contributed by atoms with E-state index in [1.165, 1.54) is 24.4 Å². The van der Waals surface area contributed by atoms with Gasteiger partial charge in [0, 0.05) is 18.9 Å². The molecule has 0 radical (unpaired) electrons. The molecule has 2 heterocycles. The Morgan fingerprint density at radius 3 is 2.62 bits per heavy atom. The quantitative estimate of drug-likeness (QED) is 0.778. The lowest BCUT2D eigenvalue weighted by atomic mass is 10.1. The number of likely N-dealkylation sites (tertiary alicyclic amines) is 1. The van der Waals surface area contributed by atoms with Crippen molar-refractivity contribution in [3.63, 3.8) is 0 Å². The van der Waals surface area contributed by atoms with Crippen LogP contribution in [0.25, 0.3) is 0 Å². The van der Waals surface area contributed by atoms with Gasteiger partial charge in [0.1, 0.15) is 6.10 Å². The summed E-state index contributed by atoms with van der Waals surface area (Å²) in [7, 11) is 1.43. The van der Waals surface area contributed by atoms with Gasteiger partial charge in [0.05, 0.1) is 19.2 Å². The molecule has 1 atom stereocenters. The molecule has 2 aromatic rings. The summed E-state index contributed by atoms with van der Waals surface area (Å²) in [6.45, 7) is 0.506. The summed E-state index contributed by atoms with van der Waals surface area (Å²) in [5.41, 5.74) is -0.512. The molecule has 1 saturated heterocycles. The van der Waals surface area contributed by atoms with E-state index in [0.29, 0.717) is 19.4 Å². The zero-order valence-electron chi connectivity index (χ0n) is 13.9. The van der Waals surface area contributed by atoms with Crippen molar-refractivity contribution < 1.29 is 27.4 Å². The van der Waals surface area contributed by atoms with Crippen molar-refractivity contribution in [3.8, 4) is 11.8 Å². The number of methoxy groups -OCH3 is 1. The Kier molecular flexibility index (Phi) is 5.24. The van der Waals surface area contributed by atoms with Crippen LogP contribution in [-0.2, 0) is 0 Å². The van der Waals surface area contributed by atoms with Gasteiger partial charge in [-0.25, -0.2) is 23.1 Å². The van der Waals surface area contributed by atoms with E-state index in [-0.39, 0.29) is 18.3 Å². The summed E-state index contributed by atoms with van der Waals surface area (Å²) < 4.78 is 51.1. The van der Waals surface area contributed by atoms with Crippen molar-refractivity contribution in [2.45, 2.75) is 18.9 Å². The molecule has 1 aromatic heterocycles. The van der Waals surface area contributed by atoms with E-state index in [4.69, 9.17) is 9.47 Å². The highest BCUT2D eigenvalue weighted by molar-refractivity contribution is 5.94. The van der Waals surface area contributed by atoms with E-state index < -0.39 is 35.0 Å². The van der Waals surface area contributed by atoms with E-state index in [1.54, 1.807) is 0 Å². The van der Waals surface area contributed by atoms with Crippen LogP contribution in [0.4, 0.5) is 13.2 Å². The summed E-state index contributed by atoms with van der Waals surface area (Å²) >= 11 is 0. The fourth-order valence-electron chi connectivity index (χ4n) is 2.77. The van der Waals surface area contributed by atoms with Gasteiger partial charge in [-0.2, -0.15) is 0 Å². The molecule has 1 fully saturated rings. The molecule has 9 heteroatoms. The summed E-state index contributed by atoms with van der Waals surface area (Å²) in [4.78, 5) is 21.9. The Labute approximate surface area is 147 Å². The Bertz CT molecular complexity index is 819. The van der Waals surface area contributed by atoms with Crippen molar-refractivity contribution in [1.29, 1.82) is 0 Å². The van der Waals surface area contributed by atoms with E-state index >= 15 is 0 Å². The van der Waals surface area contributed by atoms with E-state index in [0.717, 1.165) is 12.1 Å². The maximum atomic E-state index is 13.9. The minimum Gasteiger partial charge on any atom is -0.477 e. The standard InChI is InChI=1S/C17H16F3N3O3/c1-25-15-16(22-7-6-21-15)26-10-3-2-8-23(9-10)17(24)11-4-5-12(18)14(20)13(11)19/h4-7,10H,2-3,8-9H2,1H3/t10-/m1/s1. The highest BCUT2D eigenvalue weighted by Crippen LogP contribution is 2.25. The smallest absolute Gasteiger partial charge is 0.278 e. The Morgan fingerprint density at radius 1 is 1.15 bits per heavy atom. The molecular weight excluding hydrogens is 351 g/mol. The zero-order chi connectivity index (χ0) is 18.7. The van der Waals surface area contributed by atoms with Crippen LogP contribution in [-0.4, -0.2) is 47.1 Å². The van der Waals surface area contributed by atoms with Crippen LogP contribution in [0.15, 0.2) is 24.5 Å². The van der Waals surface area contributed by atoms with Crippen molar-refractivity contribution in [3.05, 3.63) is 47.5 Å². The fourth-order valence-corrected chi connectivity index (χ4v) is 2.77. The molecule has 0 unspecified atom stereocenters. The minimum absolute atomic E-state index is 0.150. The number of halogens is 3. The van der Waals surface area contributed by atoms with Gasteiger partial charge in [0.2, 0.25) is 0 Å². The van der Waals surface area contributed by atoms with Crippen LogP contribution >= 0.6 is 0 Å². The monoisotopic (exact) mass is 367 g/mol. The molecule has 0 bridgehead atoms. The van der Waals surface area contributed by atoms with Gasteiger partial charge in [0.15, 0.2) is 17.5 Å². The Balaban J connectivity index is 1.74. The number of aromatic nitrogens is 2.